The molecule has 2 rings (SSSR count). The van der Waals surface area contributed by atoms with Gasteiger partial charge < -0.3 is 14.2 Å². The molecule has 1 aromatic carbocycles. The van der Waals surface area contributed by atoms with Crippen molar-refractivity contribution in [1.29, 1.82) is 0 Å². The molecule has 1 unspecified atom stereocenters. The molecule has 0 aliphatic carbocycles. The van der Waals surface area contributed by atoms with E-state index >= 15 is 0 Å². The summed E-state index contributed by atoms with van der Waals surface area (Å²) < 4.78 is 17.0. The topological polar surface area (TPSA) is 70.5 Å². The first-order valence-corrected chi connectivity index (χ1v) is 13.0. The molecule has 1 atom stereocenters. The number of unbranched alkanes of at least 4 members (excludes halogenated alkanes) is 7. The predicted octanol–water partition coefficient (Wildman–Crippen LogP) is 7.16. The first-order valence-electron chi connectivity index (χ1n) is 13.0. The second-order valence-electron chi connectivity index (χ2n) is 8.78. The maximum absolute atomic E-state index is 11.8. The van der Waals surface area contributed by atoms with E-state index in [0.717, 1.165) is 37.0 Å². The van der Waals surface area contributed by atoms with Crippen LogP contribution in [0.2, 0.25) is 0 Å². The lowest BCUT2D eigenvalue weighted by atomic mass is 10.1. The molecule has 6 heteroatoms. The average molecular weight is 471 g/mol. The van der Waals surface area contributed by atoms with E-state index in [1.54, 1.807) is 12.4 Å². The molecule has 0 saturated heterocycles. The van der Waals surface area contributed by atoms with Crippen LogP contribution in [0.5, 0.6) is 11.5 Å². The van der Waals surface area contributed by atoms with Gasteiger partial charge in [0.1, 0.15) is 11.9 Å². The summed E-state index contributed by atoms with van der Waals surface area (Å²) in [6, 6.07) is 7.70. The molecular formula is C28H42N2O4. The second-order valence-corrected chi connectivity index (χ2v) is 8.78. The van der Waals surface area contributed by atoms with Gasteiger partial charge in [0.25, 0.3) is 0 Å². The first-order chi connectivity index (χ1) is 16.6. The van der Waals surface area contributed by atoms with E-state index in [1.807, 2.05) is 31.2 Å². The van der Waals surface area contributed by atoms with Crippen molar-refractivity contribution in [3.05, 3.63) is 36.7 Å². The summed E-state index contributed by atoms with van der Waals surface area (Å²) in [5, 5.41) is 0. The maximum Gasteiger partial charge on any atom is 0.306 e. The van der Waals surface area contributed by atoms with Crippen molar-refractivity contribution in [2.75, 3.05) is 13.2 Å². The monoisotopic (exact) mass is 470 g/mol. The van der Waals surface area contributed by atoms with Crippen LogP contribution in [0.1, 0.15) is 91.4 Å². The Kier molecular flexibility index (Phi) is 13.7. The van der Waals surface area contributed by atoms with E-state index in [1.165, 1.54) is 32.1 Å². The summed E-state index contributed by atoms with van der Waals surface area (Å²) in [4.78, 5) is 20.6. The number of hydrogen-bond acceptors (Lipinski definition) is 6. The molecular weight excluding hydrogens is 428 g/mol. The minimum Gasteiger partial charge on any atom is -0.493 e. The smallest absolute Gasteiger partial charge is 0.306 e. The van der Waals surface area contributed by atoms with E-state index in [9.17, 15) is 4.79 Å². The van der Waals surface area contributed by atoms with Gasteiger partial charge in [0.15, 0.2) is 11.6 Å². The zero-order chi connectivity index (χ0) is 24.4. The van der Waals surface area contributed by atoms with Crippen molar-refractivity contribution in [3.8, 4) is 22.9 Å². The van der Waals surface area contributed by atoms with Crippen LogP contribution in [0.25, 0.3) is 11.4 Å². The number of carbonyl (C=O) groups is 1. The van der Waals surface area contributed by atoms with Gasteiger partial charge in [-0.2, -0.15) is 0 Å². The van der Waals surface area contributed by atoms with E-state index in [0.29, 0.717) is 37.6 Å². The number of ether oxygens (including phenoxy) is 3. The van der Waals surface area contributed by atoms with Crippen LogP contribution in [0, 0.1) is 0 Å². The van der Waals surface area contributed by atoms with Gasteiger partial charge in [-0.3, -0.25) is 4.79 Å². The molecule has 0 saturated carbocycles. The molecule has 0 aliphatic heterocycles. The molecule has 34 heavy (non-hydrogen) atoms. The highest BCUT2D eigenvalue weighted by atomic mass is 16.5. The summed E-state index contributed by atoms with van der Waals surface area (Å²) in [5.74, 6) is 2.01. The van der Waals surface area contributed by atoms with Crippen molar-refractivity contribution in [2.24, 2.45) is 0 Å². The van der Waals surface area contributed by atoms with Crippen molar-refractivity contribution in [2.45, 2.75) is 97.5 Å². The highest BCUT2D eigenvalue weighted by Crippen LogP contribution is 2.21. The van der Waals surface area contributed by atoms with Crippen molar-refractivity contribution in [1.82, 2.24) is 9.97 Å². The van der Waals surface area contributed by atoms with E-state index in [2.05, 4.69) is 23.8 Å². The van der Waals surface area contributed by atoms with Crippen LogP contribution in [0.4, 0.5) is 0 Å². The quantitative estimate of drug-likeness (QED) is 0.170. The number of rotatable bonds is 18. The number of nitrogens with zero attached hydrogens (tertiary/aromatic N) is 2. The molecule has 0 amide bonds. The summed E-state index contributed by atoms with van der Waals surface area (Å²) in [7, 11) is 0. The Bertz CT molecular complexity index is 793. The lowest BCUT2D eigenvalue weighted by molar-refractivity contribution is -0.148. The summed E-state index contributed by atoms with van der Waals surface area (Å²) >= 11 is 0. The lowest BCUT2D eigenvalue weighted by Crippen LogP contribution is -2.17. The van der Waals surface area contributed by atoms with Gasteiger partial charge in [0.05, 0.1) is 25.6 Å². The number of esters is 1. The van der Waals surface area contributed by atoms with Crippen LogP contribution < -0.4 is 9.47 Å². The van der Waals surface area contributed by atoms with Gasteiger partial charge in [-0.15, -0.1) is 0 Å². The molecule has 0 radical (unpaired) electrons. The Hall–Kier alpha value is -2.63. The number of aromatic nitrogens is 2. The lowest BCUT2D eigenvalue weighted by Gasteiger charge is -2.14. The molecule has 0 N–H and O–H groups in total. The second kappa shape index (κ2) is 16.9. The van der Waals surface area contributed by atoms with Gasteiger partial charge in [0, 0.05) is 18.4 Å². The zero-order valence-electron chi connectivity index (χ0n) is 21.3. The largest absolute Gasteiger partial charge is 0.493 e. The number of benzene rings is 1. The van der Waals surface area contributed by atoms with E-state index in [-0.39, 0.29) is 12.1 Å². The number of hydrogen-bond donors (Lipinski definition) is 0. The normalized spacial score (nSPS) is 11.7. The molecule has 0 fully saturated rings. The third kappa shape index (κ3) is 11.5. The number of carbonyl (C=O) groups excluding carboxylic acids is 1. The highest BCUT2D eigenvalue weighted by molar-refractivity contribution is 5.69. The molecule has 0 spiro atoms. The Morgan fingerprint density at radius 2 is 1.41 bits per heavy atom. The average Bonchev–Trinajstić information content (AvgIpc) is 2.84. The third-order valence-corrected chi connectivity index (χ3v) is 5.62. The van der Waals surface area contributed by atoms with E-state index < -0.39 is 0 Å². The van der Waals surface area contributed by atoms with Crippen LogP contribution in [0.3, 0.4) is 0 Å². The SMILES string of the molecule is CCCCCCCCOc1cnc(-c2ccc(OCCC(C)OC(=O)CCCCC)cc2)nc1. The summed E-state index contributed by atoms with van der Waals surface area (Å²) in [6.45, 7) is 7.45. The minimum absolute atomic E-state index is 0.121. The van der Waals surface area contributed by atoms with Gasteiger partial charge in [0.2, 0.25) is 0 Å². The molecule has 0 aliphatic rings. The molecule has 188 valence electrons. The standard InChI is InChI=1S/C28H42N2O4/c1-4-6-8-9-10-12-19-32-26-21-29-28(30-22-26)24-14-16-25(17-15-24)33-20-18-23(3)34-27(31)13-11-7-5-2/h14-17,21-23H,4-13,18-20H2,1-3H3. The van der Waals surface area contributed by atoms with Crippen LogP contribution in [0.15, 0.2) is 36.7 Å². The molecule has 1 aromatic heterocycles. The predicted molar refractivity (Wildman–Crippen MR) is 136 cm³/mol. The van der Waals surface area contributed by atoms with Gasteiger partial charge >= 0.3 is 5.97 Å². The van der Waals surface area contributed by atoms with Crippen LogP contribution >= 0.6 is 0 Å². The zero-order valence-corrected chi connectivity index (χ0v) is 21.3. The summed E-state index contributed by atoms with van der Waals surface area (Å²) in [5.41, 5.74) is 0.921. The van der Waals surface area contributed by atoms with Gasteiger partial charge in [-0.25, -0.2) is 9.97 Å². The Morgan fingerprint density at radius 1 is 0.794 bits per heavy atom. The Morgan fingerprint density at radius 3 is 2.12 bits per heavy atom. The third-order valence-electron chi connectivity index (χ3n) is 5.62. The molecule has 1 heterocycles. The minimum atomic E-state index is -0.149. The fourth-order valence-electron chi connectivity index (χ4n) is 3.52. The first kappa shape index (κ1) is 27.6. The van der Waals surface area contributed by atoms with Gasteiger partial charge in [-0.1, -0.05) is 58.8 Å². The van der Waals surface area contributed by atoms with Crippen molar-refractivity contribution in [3.63, 3.8) is 0 Å². The highest BCUT2D eigenvalue weighted by Gasteiger charge is 2.10. The summed E-state index contributed by atoms with van der Waals surface area (Å²) in [6.07, 6.45) is 15.0. The Labute approximate surface area is 205 Å². The fraction of sp³-hybridized carbons (Fsp3) is 0.607. The van der Waals surface area contributed by atoms with Gasteiger partial charge in [-0.05, 0) is 44.0 Å². The fourth-order valence-corrected chi connectivity index (χ4v) is 3.52. The van der Waals surface area contributed by atoms with Crippen LogP contribution in [-0.4, -0.2) is 35.3 Å². The van der Waals surface area contributed by atoms with E-state index in [4.69, 9.17) is 14.2 Å². The molecule has 0 bridgehead atoms. The molecule has 2 aromatic rings. The Balaban J connectivity index is 1.67. The van der Waals surface area contributed by atoms with Crippen molar-refractivity contribution >= 4 is 5.97 Å². The molecule has 6 nitrogen and oxygen atoms in total. The van der Waals surface area contributed by atoms with Crippen molar-refractivity contribution < 1.29 is 19.0 Å². The van der Waals surface area contributed by atoms with Crippen LogP contribution in [-0.2, 0) is 9.53 Å². The maximum atomic E-state index is 11.8.